The van der Waals surface area contributed by atoms with Crippen molar-refractivity contribution >= 4 is 54.4 Å². The number of aromatic amines is 1. The van der Waals surface area contributed by atoms with Gasteiger partial charge in [-0.25, -0.2) is 0 Å². The highest BCUT2D eigenvalue weighted by Crippen LogP contribution is 2.35. The molecular weight excluding hydrogens is 390 g/mol. The molecule has 2 N–H and O–H groups in total. The molecule has 1 heterocycles. The molecule has 0 spiro atoms. The van der Waals surface area contributed by atoms with Gasteiger partial charge in [0, 0.05) is 44.9 Å². The Kier molecular flexibility index (Phi) is 4.42. The maximum atomic E-state index is 12.8. The second kappa shape index (κ2) is 6.74. The smallest absolute Gasteiger partial charge is 0.252 e. The Hall–Kier alpha value is -2.37. The number of H-pyrrole nitrogens is 1. The van der Waals surface area contributed by atoms with Gasteiger partial charge >= 0.3 is 0 Å². The minimum absolute atomic E-state index is 0.0372. The summed E-state index contributed by atoms with van der Waals surface area (Å²) in [6.45, 7) is 1.43. The lowest BCUT2D eigenvalue weighted by molar-refractivity contribution is 0.0953. The molecular formula is C21H20BrN3O. The van der Waals surface area contributed by atoms with Crippen LogP contribution < -0.4 is 5.32 Å². The normalized spacial score (nSPS) is 11.7. The zero-order valence-corrected chi connectivity index (χ0v) is 16.4. The summed E-state index contributed by atoms with van der Waals surface area (Å²) in [5.41, 5.74) is 2.76. The van der Waals surface area contributed by atoms with E-state index < -0.39 is 0 Å². The molecule has 0 unspecified atom stereocenters. The number of hydrogen-bond donors (Lipinski definition) is 2. The van der Waals surface area contributed by atoms with Gasteiger partial charge in [-0.1, -0.05) is 40.2 Å². The van der Waals surface area contributed by atoms with Gasteiger partial charge in [-0.3, -0.25) is 4.79 Å². The maximum absolute atomic E-state index is 12.8. The molecule has 4 rings (SSSR count). The van der Waals surface area contributed by atoms with Gasteiger partial charge in [-0.15, -0.1) is 0 Å². The molecule has 4 aromatic rings. The average molecular weight is 410 g/mol. The van der Waals surface area contributed by atoms with Crippen LogP contribution in [0.1, 0.15) is 10.4 Å². The maximum Gasteiger partial charge on any atom is 0.252 e. The summed E-state index contributed by atoms with van der Waals surface area (Å²) >= 11 is 3.56. The summed E-state index contributed by atoms with van der Waals surface area (Å²) in [6.07, 6.45) is 0. The van der Waals surface area contributed by atoms with Gasteiger partial charge < -0.3 is 15.2 Å². The number of nitrogens with one attached hydrogen (secondary N) is 2. The predicted octanol–water partition coefficient (Wildman–Crippen LogP) is 4.53. The van der Waals surface area contributed by atoms with E-state index >= 15 is 0 Å². The molecule has 0 saturated carbocycles. The fraction of sp³-hybridized carbons (Fsp3) is 0.190. The Morgan fingerprint density at radius 2 is 1.81 bits per heavy atom. The number of rotatable bonds is 4. The number of carbonyl (C=O) groups is 1. The quantitative estimate of drug-likeness (QED) is 0.520. The molecule has 26 heavy (non-hydrogen) atoms. The lowest BCUT2D eigenvalue weighted by Gasteiger charge is -2.12. The number of carbonyl (C=O) groups excluding carboxylic acids is 1. The molecule has 4 nitrogen and oxygen atoms in total. The molecule has 0 aliphatic heterocycles. The minimum Gasteiger partial charge on any atom is -0.354 e. The highest BCUT2D eigenvalue weighted by atomic mass is 79.9. The summed E-state index contributed by atoms with van der Waals surface area (Å²) in [4.78, 5) is 18.3. The number of aromatic nitrogens is 1. The van der Waals surface area contributed by atoms with Gasteiger partial charge in [0.25, 0.3) is 5.91 Å². The van der Waals surface area contributed by atoms with Crippen LogP contribution in [0.3, 0.4) is 0 Å². The van der Waals surface area contributed by atoms with Crippen molar-refractivity contribution in [2.45, 2.75) is 0 Å². The monoisotopic (exact) mass is 409 g/mol. The Bertz CT molecular complexity index is 1130. The van der Waals surface area contributed by atoms with Crippen molar-refractivity contribution in [3.05, 3.63) is 58.6 Å². The molecule has 1 aromatic heterocycles. The van der Waals surface area contributed by atoms with Crippen LogP contribution in [0.5, 0.6) is 0 Å². The molecule has 0 aliphatic rings. The van der Waals surface area contributed by atoms with E-state index in [-0.39, 0.29) is 5.91 Å². The van der Waals surface area contributed by atoms with Crippen LogP contribution in [-0.4, -0.2) is 43.0 Å². The number of nitrogens with zero attached hydrogens (tertiary/aromatic N) is 1. The van der Waals surface area contributed by atoms with E-state index in [1.165, 1.54) is 0 Å². The summed E-state index contributed by atoms with van der Waals surface area (Å²) in [5.74, 6) is -0.0372. The van der Waals surface area contributed by atoms with Crippen molar-refractivity contribution in [1.29, 1.82) is 0 Å². The first kappa shape index (κ1) is 17.1. The van der Waals surface area contributed by atoms with Crippen LogP contribution in [0.2, 0.25) is 0 Å². The third-order valence-corrected chi connectivity index (χ3v) is 5.15. The largest absolute Gasteiger partial charge is 0.354 e. The van der Waals surface area contributed by atoms with E-state index in [2.05, 4.69) is 49.3 Å². The van der Waals surface area contributed by atoms with Crippen molar-refractivity contribution in [2.75, 3.05) is 27.2 Å². The molecule has 0 aliphatic carbocycles. The zero-order valence-electron chi connectivity index (χ0n) is 14.8. The van der Waals surface area contributed by atoms with Crippen molar-refractivity contribution in [1.82, 2.24) is 15.2 Å². The lowest BCUT2D eigenvalue weighted by Crippen LogP contribution is -2.31. The zero-order chi connectivity index (χ0) is 18.3. The number of likely N-dealkylation sites (N-methyl/N-ethyl adjacent to an activating group) is 1. The molecule has 3 aromatic carbocycles. The van der Waals surface area contributed by atoms with Crippen LogP contribution in [0.4, 0.5) is 0 Å². The van der Waals surface area contributed by atoms with Gasteiger partial charge in [-0.05, 0) is 49.1 Å². The predicted molar refractivity (Wildman–Crippen MR) is 112 cm³/mol. The Morgan fingerprint density at radius 3 is 2.58 bits per heavy atom. The lowest BCUT2D eigenvalue weighted by atomic mass is 9.98. The van der Waals surface area contributed by atoms with E-state index in [1.54, 1.807) is 0 Å². The molecule has 1 amide bonds. The molecule has 5 heteroatoms. The van der Waals surface area contributed by atoms with Gasteiger partial charge in [0.05, 0.1) is 0 Å². The SMILES string of the molecule is CN(C)CCNC(=O)c1cc2[nH]c3ccc(Br)cc3c2c2ccccc12. The van der Waals surface area contributed by atoms with Gasteiger partial charge in [0.1, 0.15) is 0 Å². The molecule has 132 valence electrons. The number of hydrogen-bond acceptors (Lipinski definition) is 2. The van der Waals surface area contributed by atoms with E-state index in [9.17, 15) is 4.79 Å². The topological polar surface area (TPSA) is 48.1 Å². The summed E-state index contributed by atoms with van der Waals surface area (Å²) in [7, 11) is 3.99. The first-order valence-corrected chi connectivity index (χ1v) is 9.39. The van der Waals surface area contributed by atoms with E-state index in [0.29, 0.717) is 12.1 Å². The van der Waals surface area contributed by atoms with Crippen LogP contribution in [0.25, 0.3) is 32.6 Å². The summed E-state index contributed by atoms with van der Waals surface area (Å²) in [5, 5.41) is 7.41. The molecule has 0 fully saturated rings. The molecule has 0 radical (unpaired) electrons. The first-order valence-electron chi connectivity index (χ1n) is 8.60. The van der Waals surface area contributed by atoms with Crippen molar-refractivity contribution in [3.8, 4) is 0 Å². The van der Waals surface area contributed by atoms with Crippen molar-refractivity contribution < 1.29 is 4.79 Å². The van der Waals surface area contributed by atoms with Gasteiger partial charge in [-0.2, -0.15) is 0 Å². The van der Waals surface area contributed by atoms with Crippen LogP contribution in [-0.2, 0) is 0 Å². The number of benzene rings is 3. The van der Waals surface area contributed by atoms with Gasteiger partial charge in [0.15, 0.2) is 0 Å². The number of fused-ring (bicyclic) bond motifs is 5. The molecule has 0 atom stereocenters. The van der Waals surface area contributed by atoms with Crippen LogP contribution >= 0.6 is 15.9 Å². The van der Waals surface area contributed by atoms with E-state index in [0.717, 1.165) is 43.6 Å². The Balaban J connectivity index is 1.91. The van der Waals surface area contributed by atoms with E-state index in [4.69, 9.17) is 0 Å². The average Bonchev–Trinajstić information content (AvgIpc) is 2.98. The second-order valence-corrected chi connectivity index (χ2v) is 7.68. The standard InChI is InChI=1S/C21H20BrN3O/c1-25(2)10-9-23-21(26)16-12-19-20(15-6-4-3-5-14(15)16)17-11-13(22)7-8-18(17)24-19/h3-8,11-12,24H,9-10H2,1-2H3,(H,23,26). The molecule has 0 bridgehead atoms. The molecule has 0 saturated heterocycles. The van der Waals surface area contributed by atoms with Crippen LogP contribution in [0.15, 0.2) is 53.0 Å². The van der Waals surface area contributed by atoms with Crippen molar-refractivity contribution in [2.24, 2.45) is 0 Å². The number of halogens is 1. The number of amides is 1. The third kappa shape index (κ3) is 2.97. The summed E-state index contributed by atoms with van der Waals surface area (Å²) in [6, 6.07) is 16.3. The first-order chi connectivity index (χ1) is 12.5. The van der Waals surface area contributed by atoms with Crippen LogP contribution in [0, 0.1) is 0 Å². The minimum atomic E-state index is -0.0372. The highest BCUT2D eigenvalue weighted by Gasteiger charge is 2.16. The second-order valence-electron chi connectivity index (χ2n) is 6.77. The Morgan fingerprint density at radius 1 is 1.04 bits per heavy atom. The Labute approximate surface area is 160 Å². The highest BCUT2D eigenvalue weighted by molar-refractivity contribution is 9.10. The summed E-state index contributed by atoms with van der Waals surface area (Å²) < 4.78 is 1.04. The fourth-order valence-electron chi connectivity index (χ4n) is 3.42. The van der Waals surface area contributed by atoms with Gasteiger partial charge in [0.2, 0.25) is 0 Å². The fourth-order valence-corrected chi connectivity index (χ4v) is 3.78. The van der Waals surface area contributed by atoms with E-state index in [1.807, 2.05) is 44.4 Å². The third-order valence-electron chi connectivity index (χ3n) is 4.65. The van der Waals surface area contributed by atoms with Crippen molar-refractivity contribution in [3.63, 3.8) is 0 Å².